The number of benzene rings is 2. The smallest absolute Gasteiger partial charge is 0.262 e. The summed E-state index contributed by atoms with van der Waals surface area (Å²) >= 11 is 0. The topological polar surface area (TPSA) is 30.8 Å². The van der Waals surface area contributed by atoms with Gasteiger partial charge in [0.05, 0.1) is 0 Å². The maximum absolute atomic E-state index is 6.00. The summed E-state index contributed by atoms with van der Waals surface area (Å²) in [5.74, 6) is 3.00. The van der Waals surface area contributed by atoms with Gasteiger partial charge in [-0.15, -0.1) is 0 Å². The van der Waals surface area contributed by atoms with Crippen molar-refractivity contribution < 1.29 is 9.47 Å². The number of hydrogen-bond acceptors (Lipinski definition) is 3. The molecular weight excluding hydrogens is 273 g/mol. The van der Waals surface area contributed by atoms with E-state index in [1.807, 2.05) is 36.4 Å². The van der Waals surface area contributed by atoms with Gasteiger partial charge in [0.1, 0.15) is 17.3 Å². The van der Waals surface area contributed by atoms with Gasteiger partial charge in [-0.1, -0.05) is 43.0 Å². The van der Waals surface area contributed by atoms with E-state index in [-0.39, 0.29) is 6.71 Å². The summed E-state index contributed by atoms with van der Waals surface area (Å²) in [4.78, 5) is 4.31. The highest BCUT2D eigenvalue weighted by molar-refractivity contribution is 6.96. The lowest BCUT2D eigenvalue weighted by Gasteiger charge is -2.33. The summed E-state index contributed by atoms with van der Waals surface area (Å²) in [6.45, 7) is 3.94. The number of aliphatic imine (C=N–C) groups is 1. The van der Waals surface area contributed by atoms with Gasteiger partial charge in [0.2, 0.25) is 5.90 Å². The van der Waals surface area contributed by atoms with Gasteiger partial charge in [0, 0.05) is 12.5 Å². The van der Waals surface area contributed by atoms with Gasteiger partial charge < -0.3 is 9.47 Å². The maximum atomic E-state index is 6.00. The first kappa shape index (κ1) is 13.0. The van der Waals surface area contributed by atoms with E-state index in [2.05, 4.69) is 23.7 Å². The van der Waals surface area contributed by atoms with Crippen molar-refractivity contribution in [3.8, 4) is 11.5 Å². The van der Waals surface area contributed by atoms with Crippen molar-refractivity contribution in [1.29, 1.82) is 0 Å². The molecule has 0 radical (unpaired) electrons. The van der Waals surface area contributed by atoms with Crippen LogP contribution in [0.1, 0.15) is 0 Å². The fourth-order valence-electron chi connectivity index (χ4n) is 3.12. The van der Waals surface area contributed by atoms with E-state index < -0.39 is 0 Å². The van der Waals surface area contributed by atoms with Crippen molar-refractivity contribution in [3.63, 3.8) is 0 Å². The highest BCUT2D eigenvalue weighted by Gasteiger charge is 2.41. The zero-order valence-electron chi connectivity index (χ0n) is 12.2. The average molecular weight is 287 g/mol. The first-order chi connectivity index (χ1) is 10.8. The Morgan fingerprint density at radius 3 is 2.14 bits per heavy atom. The number of fused-ring (bicyclic) bond motifs is 5. The molecule has 0 spiro atoms. The highest BCUT2D eigenvalue weighted by Crippen LogP contribution is 2.30. The molecule has 0 aromatic heterocycles. The van der Waals surface area contributed by atoms with Gasteiger partial charge in [0.15, 0.2) is 0 Å². The van der Waals surface area contributed by atoms with Crippen LogP contribution in [0.2, 0.25) is 0 Å². The minimum atomic E-state index is 0.0570. The molecular formula is C18H14BNO2. The number of allylic oxidation sites excluding steroid dienone is 1. The van der Waals surface area contributed by atoms with Crippen molar-refractivity contribution in [2.75, 3.05) is 7.05 Å². The van der Waals surface area contributed by atoms with Crippen LogP contribution in [0.25, 0.3) is 0 Å². The Morgan fingerprint density at radius 2 is 1.55 bits per heavy atom. The molecule has 0 amide bonds. The van der Waals surface area contributed by atoms with Crippen LogP contribution in [0.5, 0.6) is 11.5 Å². The number of para-hydroxylation sites is 2. The van der Waals surface area contributed by atoms with Gasteiger partial charge in [-0.05, 0) is 29.1 Å². The van der Waals surface area contributed by atoms with Crippen LogP contribution in [0.4, 0.5) is 0 Å². The lowest BCUT2D eigenvalue weighted by molar-refractivity contribution is 0.440. The van der Waals surface area contributed by atoms with Crippen LogP contribution in [-0.4, -0.2) is 19.7 Å². The zero-order valence-corrected chi connectivity index (χ0v) is 12.2. The van der Waals surface area contributed by atoms with E-state index >= 15 is 0 Å². The number of nitrogens with zero attached hydrogens (tertiary/aromatic N) is 1. The third-order valence-electron chi connectivity index (χ3n) is 4.06. The Bertz CT molecular complexity index is 838. The average Bonchev–Trinajstić information content (AvgIpc) is 2.59. The summed E-state index contributed by atoms with van der Waals surface area (Å²) < 4.78 is 12.0. The molecule has 0 fully saturated rings. The number of hydrogen-bond donors (Lipinski definition) is 0. The lowest BCUT2D eigenvalue weighted by atomic mass is 9.34. The molecule has 0 saturated heterocycles. The molecule has 2 aromatic carbocycles. The number of ether oxygens (including phenoxy) is 2. The summed E-state index contributed by atoms with van der Waals surface area (Å²) in [6.07, 6.45) is 1.72. The number of rotatable bonds is 1. The molecule has 0 bridgehead atoms. The molecule has 0 aliphatic carbocycles. The van der Waals surface area contributed by atoms with Crippen LogP contribution < -0.4 is 20.4 Å². The van der Waals surface area contributed by atoms with Crippen molar-refractivity contribution in [1.82, 2.24) is 0 Å². The minimum Gasteiger partial charge on any atom is -0.458 e. The molecule has 0 N–H and O–H groups in total. The Morgan fingerprint density at radius 1 is 0.955 bits per heavy atom. The monoisotopic (exact) mass is 287 g/mol. The predicted octanol–water partition coefficient (Wildman–Crippen LogP) is 2.09. The van der Waals surface area contributed by atoms with Crippen molar-refractivity contribution in [3.05, 3.63) is 72.4 Å². The normalized spacial score (nSPS) is 17.1. The van der Waals surface area contributed by atoms with E-state index in [0.29, 0.717) is 11.7 Å². The minimum absolute atomic E-state index is 0.0570. The molecule has 2 aliphatic heterocycles. The Labute approximate surface area is 129 Å². The van der Waals surface area contributed by atoms with Crippen LogP contribution in [-0.2, 0) is 0 Å². The summed E-state index contributed by atoms with van der Waals surface area (Å²) in [7, 11) is 1.73. The molecule has 0 atom stereocenters. The molecule has 3 nitrogen and oxygen atoms in total. The third kappa shape index (κ3) is 1.74. The van der Waals surface area contributed by atoms with Gasteiger partial charge >= 0.3 is 0 Å². The van der Waals surface area contributed by atoms with E-state index in [1.165, 1.54) is 0 Å². The Kier molecular flexibility index (Phi) is 2.89. The second-order valence-corrected chi connectivity index (χ2v) is 5.22. The SMILES string of the molecule is C=CC1=C2B(c3ccccc3OC2=NC)c2ccccc2O1. The molecule has 0 saturated carbocycles. The molecule has 106 valence electrons. The summed E-state index contributed by atoms with van der Waals surface area (Å²) in [6, 6.07) is 16.1. The molecule has 2 heterocycles. The molecule has 2 aliphatic rings. The predicted molar refractivity (Wildman–Crippen MR) is 89.7 cm³/mol. The van der Waals surface area contributed by atoms with E-state index in [0.717, 1.165) is 27.9 Å². The van der Waals surface area contributed by atoms with Crippen LogP contribution in [0.3, 0.4) is 0 Å². The van der Waals surface area contributed by atoms with Crippen molar-refractivity contribution in [2.24, 2.45) is 4.99 Å². The van der Waals surface area contributed by atoms with Gasteiger partial charge in [0.25, 0.3) is 6.71 Å². The molecule has 0 unspecified atom stereocenters. The maximum Gasteiger partial charge on any atom is 0.262 e. The zero-order chi connectivity index (χ0) is 15.1. The first-order valence-electron chi connectivity index (χ1n) is 7.20. The quantitative estimate of drug-likeness (QED) is 0.752. The Hall–Kier alpha value is -2.75. The molecule has 22 heavy (non-hydrogen) atoms. The van der Waals surface area contributed by atoms with Gasteiger partial charge in [-0.3, -0.25) is 4.99 Å². The summed E-state index contributed by atoms with van der Waals surface area (Å²) in [5, 5.41) is 0. The summed E-state index contributed by atoms with van der Waals surface area (Å²) in [5.41, 5.74) is 3.19. The van der Waals surface area contributed by atoms with E-state index in [4.69, 9.17) is 9.47 Å². The lowest BCUT2D eigenvalue weighted by Crippen LogP contribution is -2.54. The first-order valence-corrected chi connectivity index (χ1v) is 7.20. The molecule has 4 heteroatoms. The Balaban J connectivity index is 2.06. The molecule has 2 aromatic rings. The largest absolute Gasteiger partial charge is 0.458 e. The van der Waals surface area contributed by atoms with E-state index in [9.17, 15) is 0 Å². The van der Waals surface area contributed by atoms with Gasteiger partial charge in [-0.2, -0.15) is 0 Å². The third-order valence-corrected chi connectivity index (χ3v) is 4.06. The fraction of sp³-hybridized carbons (Fsp3) is 0.0556. The van der Waals surface area contributed by atoms with Crippen LogP contribution >= 0.6 is 0 Å². The van der Waals surface area contributed by atoms with Crippen molar-refractivity contribution >= 4 is 23.5 Å². The second-order valence-electron chi connectivity index (χ2n) is 5.22. The fourth-order valence-corrected chi connectivity index (χ4v) is 3.12. The van der Waals surface area contributed by atoms with E-state index in [1.54, 1.807) is 13.1 Å². The second kappa shape index (κ2) is 4.91. The molecule has 4 rings (SSSR count). The van der Waals surface area contributed by atoms with Crippen LogP contribution in [0, 0.1) is 0 Å². The van der Waals surface area contributed by atoms with Crippen molar-refractivity contribution in [2.45, 2.75) is 0 Å². The highest BCUT2D eigenvalue weighted by atomic mass is 16.5. The van der Waals surface area contributed by atoms with Crippen LogP contribution in [0.15, 0.2) is 77.4 Å². The standard InChI is InChI=1S/C18H14BNO2/c1-3-14-17-18(20-2)22-16-11-7-5-9-13(16)19(17)12-8-4-6-10-15(12)21-14/h3-11H,1H2,2H3. The van der Waals surface area contributed by atoms with Gasteiger partial charge in [-0.25, -0.2) is 0 Å².